The van der Waals surface area contributed by atoms with Crippen LogP contribution in [0.4, 0.5) is 5.69 Å². The van der Waals surface area contributed by atoms with Crippen LogP contribution in [0, 0.1) is 0 Å². The molecule has 0 bridgehead atoms. The Balaban J connectivity index is 1.57. The Morgan fingerprint density at radius 3 is 2.63 bits per heavy atom. The first-order valence-corrected chi connectivity index (χ1v) is 9.71. The van der Waals surface area contributed by atoms with Crippen LogP contribution in [-0.4, -0.2) is 51.2 Å². The largest absolute Gasteiger partial charge is 0.379 e. The third kappa shape index (κ3) is 3.89. The maximum Gasteiger partial charge on any atom is 0.332 e. The number of carbonyl (C=O) groups excluding carboxylic acids is 1. The van der Waals surface area contributed by atoms with Crippen molar-refractivity contribution < 1.29 is 9.53 Å². The van der Waals surface area contributed by atoms with Crippen LogP contribution in [0.15, 0.2) is 46.0 Å². The van der Waals surface area contributed by atoms with Crippen LogP contribution in [0.25, 0.3) is 11.0 Å². The van der Waals surface area contributed by atoms with Crippen LogP contribution >= 0.6 is 0 Å². The van der Waals surface area contributed by atoms with Crippen molar-refractivity contribution in [2.75, 3.05) is 31.6 Å². The Hall–Kier alpha value is -3.30. The highest BCUT2D eigenvalue weighted by atomic mass is 16.5. The number of nitrogens with one attached hydrogen (secondary N) is 1. The number of carbonyl (C=O) groups is 1. The SMILES string of the molecule is Cn1c(=O)c2ccc(C(=O)Nc3cccc(CN4CCOCC4)c3)nc2n(C)c1=O. The van der Waals surface area contributed by atoms with E-state index in [9.17, 15) is 14.4 Å². The molecule has 0 atom stereocenters. The minimum Gasteiger partial charge on any atom is -0.379 e. The monoisotopic (exact) mass is 409 g/mol. The molecule has 0 radical (unpaired) electrons. The third-order valence-corrected chi connectivity index (χ3v) is 5.23. The lowest BCUT2D eigenvalue weighted by atomic mass is 10.1. The number of rotatable bonds is 4. The minimum absolute atomic E-state index is 0.129. The molecule has 9 heteroatoms. The molecule has 1 saturated heterocycles. The Morgan fingerprint density at radius 2 is 1.87 bits per heavy atom. The summed E-state index contributed by atoms with van der Waals surface area (Å²) in [5.74, 6) is -0.409. The molecule has 3 heterocycles. The van der Waals surface area contributed by atoms with Gasteiger partial charge in [0.25, 0.3) is 11.5 Å². The van der Waals surface area contributed by atoms with Crippen LogP contribution in [0.1, 0.15) is 16.1 Å². The molecule has 3 aromatic rings. The molecule has 1 N–H and O–H groups in total. The Labute approximate surface area is 172 Å². The maximum atomic E-state index is 12.7. The van der Waals surface area contributed by atoms with E-state index in [0.717, 1.165) is 43.0 Å². The summed E-state index contributed by atoms with van der Waals surface area (Å²) in [5, 5.41) is 3.13. The van der Waals surface area contributed by atoms with Gasteiger partial charge in [-0.05, 0) is 29.8 Å². The number of hydrogen-bond acceptors (Lipinski definition) is 6. The summed E-state index contributed by atoms with van der Waals surface area (Å²) in [6.07, 6.45) is 0. The summed E-state index contributed by atoms with van der Waals surface area (Å²) in [6.45, 7) is 4.02. The summed E-state index contributed by atoms with van der Waals surface area (Å²) >= 11 is 0. The van der Waals surface area contributed by atoms with Crippen molar-refractivity contribution >= 4 is 22.6 Å². The molecule has 30 heavy (non-hydrogen) atoms. The van der Waals surface area contributed by atoms with Crippen molar-refractivity contribution in [2.45, 2.75) is 6.54 Å². The number of aromatic nitrogens is 3. The molecule has 1 fully saturated rings. The predicted molar refractivity (Wildman–Crippen MR) is 113 cm³/mol. The molecule has 0 aliphatic carbocycles. The standard InChI is InChI=1S/C21H23N5O4/c1-24-18-16(20(28)25(2)21(24)29)6-7-17(23-18)19(27)22-15-5-3-4-14(12-15)13-26-8-10-30-11-9-26/h3-7,12H,8-11,13H2,1-2H3,(H,22,27). The van der Waals surface area contributed by atoms with Crippen LogP contribution in [0.5, 0.6) is 0 Å². The van der Waals surface area contributed by atoms with Crippen molar-refractivity contribution in [3.8, 4) is 0 Å². The first-order chi connectivity index (χ1) is 14.4. The van der Waals surface area contributed by atoms with Crippen LogP contribution < -0.4 is 16.6 Å². The second kappa shape index (κ2) is 8.21. The number of aryl methyl sites for hydroxylation is 1. The number of amides is 1. The number of hydrogen-bond donors (Lipinski definition) is 1. The molecule has 156 valence electrons. The van der Waals surface area contributed by atoms with E-state index in [0.29, 0.717) is 5.69 Å². The fourth-order valence-corrected chi connectivity index (χ4v) is 3.54. The van der Waals surface area contributed by atoms with Gasteiger partial charge in [0.05, 0.1) is 18.6 Å². The van der Waals surface area contributed by atoms with Gasteiger partial charge >= 0.3 is 5.69 Å². The highest BCUT2D eigenvalue weighted by Gasteiger charge is 2.15. The summed E-state index contributed by atoms with van der Waals surface area (Å²) in [4.78, 5) is 43.7. The highest BCUT2D eigenvalue weighted by molar-refractivity contribution is 6.03. The molecule has 1 amide bonds. The molecule has 1 aliphatic heterocycles. The van der Waals surface area contributed by atoms with E-state index in [2.05, 4.69) is 15.2 Å². The molecule has 2 aromatic heterocycles. The zero-order valence-corrected chi connectivity index (χ0v) is 16.9. The normalized spacial score (nSPS) is 14.7. The summed E-state index contributed by atoms with van der Waals surface area (Å²) in [5.41, 5.74) is 1.12. The Kier molecular flexibility index (Phi) is 5.47. The average Bonchev–Trinajstić information content (AvgIpc) is 2.76. The first kappa shape index (κ1) is 20.0. The quantitative estimate of drug-likeness (QED) is 0.682. The molecule has 0 saturated carbocycles. The lowest BCUT2D eigenvalue weighted by molar-refractivity contribution is 0.0342. The number of nitrogens with zero attached hydrogens (tertiary/aromatic N) is 4. The molecular weight excluding hydrogens is 386 g/mol. The fourth-order valence-electron chi connectivity index (χ4n) is 3.54. The summed E-state index contributed by atoms with van der Waals surface area (Å²) in [7, 11) is 2.93. The number of morpholine rings is 1. The van der Waals surface area contributed by atoms with Gasteiger partial charge in [-0.1, -0.05) is 12.1 Å². The lowest BCUT2D eigenvalue weighted by Crippen LogP contribution is -2.37. The van der Waals surface area contributed by atoms with E-state index in [-0.39, 0.29) is 16.7 Å². The Bertz CT molecular complexity index is 1220. The summed E-state index contributed by atoms with van der Waals surface area (Å²) < 4.78 is 7.65. The zero-order chi connectivity index (χ0) is 21.3. The van der Waals surface area contributed by atoms with Crippen LogP contribution in [-0.2, 0) is 25.4 Å². The van der Waals surface area contributed by atoms with Gasteiger partial charge in [-0.2, -0.15) is 0 Å². The molecule has 1 aliphatic rings. The van der Waals surface area contributed by atoms with Crippen molar-refractivity contribution in [3.05, 3.63) is 68.5 Å². The van der Waals surface area contributed by atoms with Gasteiger partial charge in [0.15, 0.2) is 0 Å². The van der Waals surface area contributed by atoms with E-state index >= 15 is 0 Å². The van der Waals surface area contributed by atoms with Crippen LogP contribution in [0.3, 0.4) is 0 Å². The topological polar surface area (TPSA) is 98.5 Å². The molecule has 0 unspecified atom stereocenters. The van der Waals surface area contributed by atoms with Gasteiger partial charge in [-0.3, -0.25) is 23.6 Å². The zero-order valence-electron chi connectivity index (χ0n) is 16.9. The van der Waals surface area contributed by atoms with Gasteiger partial charge in [-0.15, -0.1) is 0 Å². The van der Waals surface area contributed by atoms with E-state index in [1.807, 2.05) is 24.3 Å². The third-order valence-electron chi connectivity index (χ3n) is 5.23. The second-order valence-electron chi connectivity index (χ2n) is 7.32. The predicted octanol–water partition coefficient (Wildman–Crippen LogP) is 0.717. The van der Waals surface area contributed by atoms with Crippen molar-refractivity contribution in [1.82, 2.24) is 19.0 Å². The Morgan fingerprint density at radius 1 is 1.10 bits per heavy atom. The number of pyridine rings is 1. The molecule has 9 nitrogen and oxygen atoms in total. The minimum atomic E-state index is -0.492. The van der Waals surface area contributed by atoms with E-state index in [4.69, 9.17) is 4.74 Å². The molecule has 1 aromatic carbocycles. The molecule has 0 spiro atoms. The maximum absolute atomic E-state index is 12.7. The van der Waals surface area contributed by atoms with Gasteiger partial charge in [0.1, 0.15) is 11.3 Å². The second-order valence-corrected chi connectivity index (χ2v) is 7.32. The highest BCUT2D eigenvalue weighted by Crippen LogP contribution is 2.15. The number of benzene rings is 1. The van der Waals surface area contributed by atoms with Gasteiger partial charge in [0.2, 0.25) is 0 Å². The smallest absolute Gasteiger partial charge is 0.332 e. The lowest BCUT2D eigenvalue weighted by Gasteiger charge is -2.26. The van der Waals surface area contributed by atoms with Crippen molar-refractivity contribution in [2.24, 2.45) is 14.1 Å². The fraction of sp³-hybridized carbons (Fsp3) is 0.333. The van der Waals surface area contributed by atoms with Gasteiger partial charge in [-0.25, -0.2) is 9.78 Å². The van der Waals surface area contributed by atoms with Gasteiger partial charge < -0.3 is 10.1 Å². The molecule has 4 rings (SSSR count). The van der Waals surface area contributed by atoms with Crippen molar-refractivity contribution in [3.63, 3.8) is 0 Å². The number of ether oxygens (including phenoxy) is 1. The van der Waals surface area contributed by atoms with E-state index < -0.39 is 17.2 Å². The van der Waals surface area contributed by atoms with E-state index in [1.165, 1.54) is 30.8 Å². The van der Waals surface area contributed by atoms with E-state index in [1.54, 1.807) is 0 Å². The van der Waals surface area contributed by atoms with Gasteiger partial charge in [0, 0.05) is 39.4 Å². The van der Waals surface area contributed by atoms with Crippen molar-refractivity contribution in [1.29, 1.82) is 0 Å². The van der Waals surface area contributed by atoms with Crippen LogP contribution in [0.2, 0.25) is 0 Å². The number of fused-ring (bicyclic) bond motifs is 1. The average molecular weight is 409 g/mol. The first-order valence-electron chi connectivity index (χ1n) is 9.71. The summed E-state index contributed by atoms with van der Waals surface area (Å²) in [6, 6.07) is 10.7. The molecular formula is C21H23N5O4. The number of anilines is 1.